The lowest BCUT2D eigenvalue weighted by molar-refractivity contribution is 0.139. The van der Waals surface area contributed by atoms with Crippen molar-refractivity contribution in [1.29, 1.82) is 0 Å². The maximum Gasteiger partial charge on any atom is 0.0717 e. The van der Waals surface area contributed by atoms with Crippen molar-refractivity contribution in [2.75, 3.05) is 26.7 Å². The number of likely N-dealkylation sites (N-methyl/N-ethyl adjacent to an activating group) is 1. The monoisotopic (exact) mass is 158 g/mol. The van der Waals surface area contributed by atoms with Crippen LogP contribution in [0.3, 0.4) is 0 Å². The van der Waals surface area contributed by atoms with Gasteiger partial charge in [0, 0.05) is 12.6 Å². The van der Waals surface area contributed by atoms with Crippen molar-refractivity contribution in [1.82, 2.24) is 10.2 Å². The van der Waals surface area contributed by atoms with Crippen LogP contribution in [0.25, 0.3) is 0 Å². The molecule has 2 unspecified atom stereocenters. The summed E-state index contributed by atoms with van der Waals surface area (Å²) in [6.45, 7) is 5.09. The van der Waals surface area contributed by atoms with Crippen molar-refractivity contribution in [3.63, 3.8) is 0 Å². The van der Waals surface area contributed by atoms with E-state index in [1.165, 1.54) is 0 Å². The van der Waals surface area contributed by atoms with E-state index < -0.39 is 0 Å². The van der Waals surface area contributed by atoms with Crippen molar-refractivity contribution in [3.8, 4) is 0 Å². The molecule has 3 nitrogen and oxygen atoms in total. The third-order valence-electron chi connectivity index (χ3n) is 2.36. The van der Waals surface area contributed by atoms with E-state index >= 15 is 0 Å². The molecular formula is C8H18N2O. The molecule has 0 aliphatic carbocycles. The van der Waals surface area contributed by atoms with Crippen molar-refractivity contribution >= 4 is 0 Å². The third kappa shape index (κ3) is 2.43. The zero-order valence-corrected chi connectivity index (χ0v) is 7.38. The minimum atomic E-state index is -0.135. The zero-order valence-electron chi connectivity index (χ0n) is 7.38. The second-order valence-electron chi connectivity index (χ2n) is 3.27. The number of hydrogen-bond acceptors (Lipinski definition) is 3. The Bertz CT molecular complexity index is 119. The Kier molecular flexibility index (Phi) is 3.30. The molecule has 0 bridgehead atoms. The molecule has 66 valence electrons. The highest BCUT2D eigenvalue weighted by Gasteiger charge is 2.24. The van der Waals surface area contributed by atoms with E-state index in [0.29, 0.717) is 6.04 Å². The first-order chi connectivity index (χ1) is 5.24. The minimum Gasteiger partial charge on any atom is -0.391 e. The summed E-state index contributed by atoms with van der Waals surface area (Å²) >= 11 is 0. The van der Waals surface area contributed by atoms with E-state index in [-0.39, 0.29) is 6.10 Å². The van der Waals surface area contributed by atoms with Gasteiger partial charge in [-0.2, -0.15) is 0 Å². The Morgan fingerprint density at radius 3 is 2.82 bits per heavy atom. The molecule has 11 heavy (non-hydrogen) atoms. The van der Waals surface area contributed by atoms with Crippen LogP contribution in [0, 0.1) is 0 Å². The minimum absolute atomic E-state index is 0.135. The highest BCUT2D eigenvalue weighted by atomic mass is 16.3. The van der Waals surface area contributed by atoms with E-state index in [9.17, 15) is 5.11 Å². The Balaban J connectivity index is 2.24. The van der Waals surface area contributed by atoms with Gasteiger partial charge in [0.1, 0.15) is 0 Å². The second-order valence-corrected chi connectivity index (χ2v) is 3.27. The molecular weight excluding hydrogens is 140 g/mol. The van der Waals surface area contributed by atoms with Crippen LogP contribution in [0.4, 0.5) is 0 Å². The first kappa shape index (κ1) is 8.97. The third-order valence-corrected chi connectivity index (χ3v) is 2.36. The van der Waals surface area contributed by atoms with Crippen molar-refractivity contribution in [2.24, 2.45) is 0 Å². The molecule has 1 aliphatic rings. The molecule has 2 atom stereocenters. The summed E-state index contributed by atoms with van der Waals surface area (Å²) in [6.07, 6.45) is 0.770. The lowest BCUT2D eigenvalue weighted by atomic mass is 10.2. The Morgan fingerprint density at radius 1 is 1.64 bits per heavy atom. The van der Waals surface area contributed by atoms with Crippen LogP contribution in [0.1, 0.15) is 13.3 Å². The fourth-order valence-corrected chi connectivity index (χ4v) is 1.40. The molecule has 1 fully saturated rings. The topological polar surface area (TPSA) is 35.5 Å². The number of aliphatic hydroxyl groups is 1. The van der Waals surface area contributed by atoms with Gasteiger partial charge in [-0.05, 0) is 26.6 Å². The van der Waals surface area contributed by atoms with Gasteiger partial charge in [0.15, 0.2) is 0 Å². The Hall–Kier alpha value is -0.120. The van der Waals surface area contributed by atoms with Gasteiger partial charge < -0.3 is 15.3 Å². The quantitative estimate of drug-likeness (QED) is 0.590. The molecule has 0 aromatic rings. The van der Waals surface area contributed by atoms with Crippen molar-refractivity contribution < 1.29 is 5.11 Å². The number of nitrogens with zero attached hydrogens (tertiary/aromatic N) is 1. The van der Waals surface area contributed by atoms with Gasteiger partial charge in [-0.25, -0.2) is 0 Å². The van der Waals surface area contributed by atoms with Crippen molar-refractivity contribution in [3.05, 3.63) is 0 Å². The number of rotatable bonds is 3. The van der Waals surface area contributed by atoms with E-state index in [0.717, 1.165) is 26.1 Å². The first-order valence-corrected chi connectivity index (χ1v) is 4.34. The molecule has 0 saturated carbocycles. The standard InChI is InChI=1S/C8H18N2O/c1-3-10(2)6-7-8(11)4-5-9-7/h7-9,11H,3-6H2,1-2H3. The molecule has 1 rings (SSSR count). The smallest absolute Gasteiger partial charge is 0.0717 e. The van der Waals surface area contributed by atoms with Gasteiger partial charge in [0.25, 0.3) is 0 Å². The van der Waals surface area contributed by atoms with E-state index in [4.69, 9.17) is 0 Å². The SMILES string of the molecule is CCN(C)CC1NCCC1O. The molecule has 2 N–H and O–H groups in total. The summed E-state index contributed by atoms with van der Waals surface area (Å²) in [6, 6.07) is 0.292. The average molecular weight is 158 g/mol. The summed E-state index contributed by atoms with van der Waals surface area (Å²) in [5.74, 6) is 0. The lowest BCUT2D eigenvalue weighted by Gasteiger charge is -2.21. The molecule has 1 saturated heterocycles. The highest BCUT2D eigenvalue weighted by Crippen LogP contribution is 2.06. The van der Waals surface area contributed by atoms with E-state index in [1.807, 2.05) is 0 Å². The predicted molar refractivity (Wildman–Crippen MR) is 45.6 cm³/mol. The van der Waals surface area contributed by atoms with Crippen LogP contribution >= 0.6 is 0 Å². The van der Waals surface area contributed by atoms with Gasteiger partial charge in [-0.3, -0.25) is 0 Å². The van der Waals surface area contributed by atoms with Crippen LogP contribution in [-0.2, 0) is 0 Å². The van der Waals surface area contributed by atoms with Gasteiger partial charge in [-0.1, -0.05) is 6.92 Å². The summed E-state index contributed by atoms with van der Waals surface area (Å²) in [5.41, 5.74) is 0. The molecule has 1 aliphatic heterocycles. The lowest BCUT2D eigenvalue weighted by Crippen LogP contribution is -2.40. The number of hydrogen-bond donors (Lipinski definition) is 2. The van der Waals surface area contributed by atoms with Gasteiger partial charge in [-0.15, -0.1) is 0 Å². The second kappa shape index (κ2) is 4.04. The fourth-order valence-electron chi connectivity index (χ4n) is 1.40. The predicted octanol–water partition coefficient (Wildman–Crippen LogP) is -0.339. The van der Waals surface area contributed by atoms with Gasteiger partial charge in [0.2, 0.25) is 0 Å². The molecule has 1 heterocycles. The van der Waals surface area contributed by atoms with Gasteiger partial charge in [0.05, 0.1) is 6.10 Å². The molecule has 3 heteroatoms. The first-order valence-electron chi connectivity index (χ1n) is 4.34. The summed E-state index contributed by atoms with van der Waals surface area (Å²) in [4.78, 5) is 2.21. The van der Waals surface area contributed by atoms with Crippen LogP contribution < -0.4 is 5.32 Å². The van der Waals surface area contributed by atoms with Crippen LogP contribution in [0.2, 0.25) is 0 Å². The normalized spacial score (nSPS) is 31.6. The number of nitrogens with one attached hydrogen (secondary N) is 1. The maximum atomic E-state index is 9.44. The molecule has 0 aromatic carbocycles. The average Bonchev–Trinajstić information content (AvgIpc) is 2.37. The molecule has 0 spiro atoms. The summed E-state index contributed by atoms with van der Waals surface area (Å²) in [5, 5.41) is 12.7. The summed E-state index contributed by atoms with van der Waals surface area (Å²) in [7, 11) is 2.08. The highest BCUT2D eigenvalue weighted by molar-refractivity contribution is 4.84. The molecule has 0 aromatic heterocycles. The fraction of sp³-hybridized carbons (Fsp3) is 1.00. The Labute approximate surface area is 68.4 Å². The van der Waals surface area contributed by atoms with E-state index in [2.05, 4.69) is 24.2 Å². The maximum absolute atomic E-state index is 9.44. The Morgan fingerprint density at radius 2 is 2.36 bits per heavy atom. The molecule has 0 amide bonds. The zero-order chi connectivity index (χ0) is 8.27. The summed E-state index contributed by atoms with van der Waals surface area (Å²) < 4.78 is 0. The molecule has 0 radical (unpaired) electrons. The van der Waals surface area contributed by atoms with E-state index in [1.54, 1.807) is 0 Å². The van der Waals surface area contributed by atoms with Crippen molar-refractivity contribution in [2.45, 2.75) is 25.5 Å². The van der Waals surface area contributed by atoms with Crippen LogP contribution in [-0.4, -0.2) is 48.8 Å². The number of aliphatic hydroxyl groups excluding tert-OH is 1. The van der Waals surface area contributed by atoms with Gasteiger partial charge >= 0.3 is 0 Å². The van der Waals surface area contributed by atoms with Crippen LogP contribution in [0.5, 0.6) is 0 Å². The largest absolute Gasteiger partial charge is 0.391 e. The van der Waals surface area contributed by atoms with Crippen LogP contribution in [0.15, 0.2) is 0 Å².